The van der Waals surface area contributed by atoms with E-state index in [1.807, 2.05) is 30.3 Å². The zero-order chi connectivity index (χ0) is 16.3. The largest absolute Gasteiger partial charge is 0.467 e. The maximum Gasteiger partial charge on any atom is 0.411 e. The molecule has 2 heterocycles. The molecule has 1 aromatic carbocycles. The van der Waals surface area contributed by atoms with Crippen molar-refractivity contribution in [3.8, 4) is 0 Å². The lowest BCUT2D eigenvalue weighted by Crippen LogP contribution is -2.42. The van der Waals surface area contributed by atoms with Crippen LogP contribution in [0, 0.1) is 0 Å². The first kappa shape index (κ1) is 15.8. The molecule has 2 fully saturated rings. The Balaban J connectivity index is 1.67. The van der Waals surface area contributed by atoms with Gasteiger partial charge in [0.2, 0.25) is 0 Å². The molecule has 7 heteroatoms. The van der Waals surface area contributed by atoms with Gasteiger partial charge < -0.3 is 18.9 Å². The standard InChI is InChI=1S/C16H19NO6/c1-20-14(18)13-9-16(22-7-8-23-16)11-17(13)15(19)21-10-12-5-3-2-4-6-12/h2-6,13H,7-11H2,1H3/t13-/m1/s1. The summed E-state index contributed by atoms with van der Waals surface area (Å²) in [5.41, 5.74) is 0.873. The highest BCUT2D eigenvalue weighted by molar-refractivity contribution is 5.82. The van der Waals surface area contributed by atoms with Crippen molar-refractivity contribution in [1.29, 1.82) is 0 Å². The molecule has 0 radical (unpaired) electrons. The highest BCUT2D eigenvalue weighted by Gasteiger charge is 2.53. The van der Waals surface area contributed by atoms with Crippen LogP contribution in [0.2, 0.25) is 0 Å². The summed E-state index contributed by atoms with van der Waals surface area (Å²) >= 11 is 0. The lowest BCUT2D eigenvalue weighted by Gasteiger charge is -2.22. The van der Waals surface area contributed by atoms with Gasteiger partial charge in [0.25, 0.3) is 0 Å². The molecular formula is C16H19NO6. The molecule has 0 N–H and O–H groups in total. The third-order valence-electron chi connectivity index (χ3n) is 4.02. The van der Waals surface area contributed by atoms with Crippen molar-refractivity contribution in [1.82, 2.24) is 4.90 Å². The zero-order valence-electron chi connectivity index (χ0n) is 12.9. The molecule has 7 nitrogen and oxygen atoms in total. The molecule has 3 rings (SSSR count). The van der Waals surface area contributed by atoms with Gasteiger partial charge in [-0.1, -0.05) is 30.3 Å². The normalized spacial score (nSPS) is 22.3. The van der Waals surface area contributed by atoms with Crippen LogP contribution in [0.25, 0.3) is 0 Å². The molecule has 23 heavy (non-hydrogen) atoms. The van der Waals surface area contributed by atoms with Gasteiger partial charge in [0, 0.05) is 6.42 Å². The SMILES string of the molecule is COC(=O)[C@H]1CC2(CN1C(=O)OCc1ccccc1)OCCO2. The van der Waals surface area contributed by atoms with Crippen molar-refractivity contribution in [3.63, 3.8) is 0 Å². The number of likely N-dealkylation sites (tertiary alicyclic amines) is 1. The highest BCUT2D eigenvalue weighted by Crippen LogP contribution is 2.35. The molecule has 1 atom stereocenters. The third-order valence-corrected chi connectivity index (χ3v) is 4.02. The van der Waals surface area contributed by atoms with E-state index in [0.717, 1.165) is 5.56 Å². The monoisotopic (exact) mass is 321 g/mol. The van der Waals surface area contributed by atoms with E-state index in [1.165, 1.54) is 12.0 Å². The van der Waals surface area contributed by atoms with E-state index in [2.05, 4.69) is 0 Å². The number of nitrogens with zero attached hydrogens (tertiary/aromatic N) is 1. The van der Waals surface area contributed by atoms with Crippen molar-refractivity contribution in [2.45, 2.75) is 24.9 Å². The van der Waals surface area contributed by atoms with Gasteiger partial charge in [0.1, 0.15) is 12.6 Å². The smallest absolute Gasteiger partial charge is 0.411 e. The van der Waals surface area contributed by atoms with Crippen molar-refractivity contribution < 1.29 is 28.5 Å². The molecule has 2 aliphatic heterocycles. The molecule has 1 spiro atoms. The number of hydrogen-bond donors (Lipinski definition) is 0. The van der Waals surface area contributed by atoms with Crippen LogP contribution in [0.1, 0.15) is 12.0 Å². The lowest BCUT2D eigenvalue weighted by atomic mass is 10.1. The first-order valence-electron chi connectivity index (χ1n) is 7.47. The minimum absolute atomic E-state index is 0.138. The van der Waals surface area contributed by atoms with E-state index in [-0.39, 0.29) is 19.6 Å². The fraction of sp³-hybridized carbons (Fsp3) is 0.500. The summed E-state index contributed by atoms with van der Waals surface area (Å²) in [6, 6.07) is 8.58. The second kappa shape index (κ2) is 6.55. The second-order valence-corrected chi connectivity index (χ2v) is 5.52. The van der Waals surface area contributed by atoms with Crippen molar-refractivity contribution >= 4 is 12.1 Å². The number of hydrogen-bond acceptors (Lipinski definition) is 6. The van der Waals surface area contributed by atoms with Crippen LogP contribution < -0.4 is 0 Å². The predicted octanol–water partition coefficient (Wildman–Crippen LogP) is 1.31. The maximum atomic E-state index is 12.4. The second-order valence-electron chi connectivity index (χ2n) is 5.52. The molecule has 124 valence electrons. The van der Waals surface area contributed by atoms with Crippen LogP contribution >= 0.6 is 0 Å². The van der Waals surface area contributed by atoms with E-state index in [9.17, 15) is 9.59 Å². The Kier molecular flexibility index (Phi) is 4.49. The van der Waals surface area contributed by atoms with Crippen molar-refractivity contribution in [2.24, 2.45) is 0 Å². The fourth-order valence-electron chi connectivity index (χ4n) is 2.89. The van der Waals surface area contributed by atoms with Gasteiger partial charge in [-0.25, -0.2) is 9.59 Å². The first-order chi connectivity index (χ1) is 11.1. The lowest BCUT2D eigenvalue weighted by molar-refractivity contribution is -0.152. The molecule has 0 aromatic heterocycles. The minimum atomic E-state index is -0.926. The topological polar surface area (TPSA) is 74.3 Å². The average molecular weight is 321 g/mol. The molecule has 2 aliphatic rings. The average Bonchev–Trinajstić information content (AvgIpc) is 3.20. The molecule has 0 saturated carbocycles. The van der Waals surface area contributed by atoms with E-state index in [4.69, 9.17) is 18.9 Å². The summed E-state index contributed by atoms with van der Waals surface area (Å²) in [7, 11) is 1.29. The molecule has 0 bridgehead atoms. The summed E-state index contributed by atoms with van der Waals surface area (Å²) in [5, 5.41) is 0. The summed E-state index contributed by atoms with van der Waals surface area (Å²) in [6.07, 6.45) is -0.333. The summed E-state index contributed by atoms with van der Waals surface area (Å²) in [4.78, 5) is 25.7. The van der Waals surface area contributed by atoms with Gasteiger partial charge in [0.15, 0.2) is 5.79 Å². The summed E-state index contributed by atoms with van der Waals surface area (Å²) in [6.45, 7) is 1.18. The molecular weight excluding hydrogens is 302 g/mol. The van der Waals surface area contributed by atoms with Crippen molar-refractivity contribution in [3.05, 3.63) is 35.9 Å². The van der Waals surface area contributed by atoms with Gasteiger partial charge in [-0.15, -0.1) is 0 Å². The number of esters is 1. The van der Waals surface area contributed by atoms with Gasteiger partial charge in [-0.2, -0.15) is 0 Å². The van der Waals surface area contributed by atoms with Gasteiger partial charge in [-0.3, -0.25) is 4.90 Å². The Bertz CT molecular complexity index is 569. The van der Waals surface area contributed by atoms with Crippen LogP contribution in [-0.2, 0) is 30.3 Å². The number of carbonyl (C=O) groups is 2. The van der Waals surface area contributed by atoms with E-state index < -0.39 is 23.9 Å². The molecule has 0 aliphatic carbocycles. The Morgan fingerprint density at radius 1 is 1.26 bits per heavy atom. The van der Waals surface area contributed by atoms with Gasteiger partial charge >= 0.3 is 12.1 Å². The molecule has 1 aromatic rings. The first-order valence-corrected chi connectivity index (χ1v) is 7.47. The molecule has 0 unspecified atom stereocenters. The Morgan fingerprint density at radius 3 is 2.61 bits per heavy atom. The van der Waals surface area contributed by atoms with Gasteiger partial charge in [-0.05, 0) is 5.56 Å². The quantitative estimate of drug-likeness (QED) is 0.782. The predicted molar refractivity (Wildman–Crippen MR) is 78.4 cm³/mol. The third kappa shape index (κ3) is 3.30. The highest BCUT2D eigenvalue weighted by atomic mass is 16.7. The van der Waals surface area contributed by atoms with Crippen LogP contribution in [0.4, 0.5) is 4.79 Å². The number of methoxy groups -OCH3 is 1. The Labute approximate surface area is 134 Å². The van der Waals surface area contributed by atoms with Crippen molar-refractivity contribution in [2.75, 3.05) is 26.9 Å². The molecule has 1 amide bonds. The minimum Gasteiger partial charge on any atom is -0.467 e. The maximum absolute atomic E-state index is 12.4. The molecule has 2 saturated heterocycles. The van der Waals surface area contributed by atoms with Crippen LogP contribution in [-0.4, -0.2) is 55.7 Å². The van der Waals surface area contributed by atoms with Gasteiger partial charge in [0.05, 0.1) is 26.9 Å². The van der Waals surface area contributed by atoms with Crippen LogP contribution in [0.3, 0.4) is 0 Å². The van der Waals surface area contributed by atoms with E-state index >= 15 is 0 Å². The number of benzene rings is 1. The number of ether oxygens (including phenoxy) is 4. The number of carbonyl (C=O) groups excluding carboxylic acids is 2. The van der Waals surface area contributed by atoms with E-state index in [1.54, 1.807) is 0 Å². The zero-order valence-corrected chi connectivity index (χ0v) is 12.9. The van der Waals surface area contributed by atoms with E-state index in [0.29, 0.717) is 13.2 Å². The summed E-state index contributed by atoms with van der Waals surface area (Å²) < 4.78 is 21.3. The Morgan fingerprint density at radius 2 is 1.96 bits per heavy atom. The van der Waals surface area contributed by atoms with Crippen LogP contribution in [0.15, 0.2) is 30.3 Å². The number of amides is 1. The fourth-order valence-corrected chi connectivity index (χ4v) is 2.89. The Hall–Kier alpha value is -2.12. The summed E-state index contributed by atoms with van der Waals surface area (Å²) in [5.74, 6) is -1.43. The van der Waals surface area contributed by atoms with Crippen LogP contribution in [0.5, 0.6) is 0 Å². The number of rotatable bonds is 3.